The van der Waals surface area contributed by atoms with E-state index in [9.17, 15) is 9.59 Å². The molecule has 0 atom stereocenters. The van der Waals surface area contributed by atoms with Gasteiger partial charge in [0, 0.05) is 31.6 Å². The molecule has 1 fully saturated rings. The minimum absolute atomic E-state index is 0.0547. The van der Waals surface area contributed by atoms with Gasteiger partial charge in [-0.15, -0.1) is 6.58 Å². The number of nitrogens with zero attached hydrogens (tertiary/aromatic N) is 2. The highest BCUT2D eigenvalue weighted by Crippen LogP contribution is 2.24. The van der Waals surface area contributed by atoms with Crippen molar-refractivity contribution in [3.05, 3.63) is 12.7 Å². The van der Waals surface area contributed by atoms with Crippen molar-refractivity contribution in [2.75, 3.05) is 19.6 Å². The number of amides is 2. The van der Waals surface area contributed by atoms with Gasteiger partial charge in [-0.25, -0.2) is 4.79 Å². The van der Waals surface area contributed by atoms with E-state index in [4.69, 9.17) is 5.11 Å². The fourth-order valence-electron chi connectivity index (χ4n) is 2.68. The molecule has 21 heavy (non-hydrogen) atoms. The van der Waals surface area contributed by atoms with E-state index in [0.717, 1.165) is 12.8 Å². The average molecular weight is 296 g/mol. The minimum Gasteiger partial charge on any atom is -0.481 e. The molecule has 1 N–H and O–H groups in total. The lowest BCUT2D eigenvalue weighted by molar-refractivity contribution is -0.137. The summed E-state index contributed by atoms with van der Waals surface area (Å²) in [6.07, 6.45) is 4.48. The molecule has 1 saturated heterocycles. The van der Waals surface area contributed by atoms with Gasteiger partial charge in [-0.05, 0) is 46.0 Å². The van der Waals surface area contributed by atoms with Crippen LogP contribution < -0.4 is 0 Å². The summed E-state index contributed by atoms with van der Waals surface area (Å²) >= 11 is 0. The van der Waals surface area contributed by atoms with E-state index in [0.29, 0.717) is 32.0 Å². The van der Waals surface area contributed by atoms with Crippen molar-refractivity contribution in [3.63, 3.8) is 0 Å². The molecule has 0 aromatic rings. The molecule has 0 aliphatic carbocycles. The van der Waals surface area contributed by atoms with Gasteiger partial charge in [-0.3, -0.25) is 4.79 Å². The van der Waals surface area contributed by atoms with Crippen molar-refractivity contribution >= 4 is 12.0 Å². The first-order valence-electron chi connectivity index (χ1n) is 7.65. The summed E-state index contributed by atoms with van der Waals surface area (Å²) in [5.74, 6) is -0.314. The highest BCUT2D eigenvalue weighted by molar-refractivity contribution is 5.75. The van der Waals surface area contributed by atoms with Gasteiger partial charge in [-0.1, -0.05) is 6.08 Å². The average Bonchev–Trinajstić information content (AvgIpc) is 2.41. The number of aliphatic carboxylic acids is 1. The zero-order valence-electron chi connectivity index (χ0n) is 13.5. The molecule has 0 unspecified atom stereocenters. The molecule has 120 valence electrons. The molecule has 0 bridgehead atoms. The molecule has 1 aliphatic rings. The Bertz CT molecular complexity index is 379. The number of carboxylic acid groups (broad SMARTS) is 1. The van der Waals surface area contributed by atoms with Crippen molar-refractivity contribution in [2.45, 2.75) is 52.0 Å². The standard InChI is InChI=1S/C16H28N2O3/c1-5-10-18(16(2,3)4)15(21)17-11-8-13(9-12-17)6-7-14(19)20/h5,13H,1,6-12H2,2-4H3,(H,19,20). The molecule has 0 aromatic carbocycles. The van der Waals surface area contributed by atoms with Crippen LogP contribution in [0.15, 0.2) is 12.7 Å². The molecule has 1 rings (SSSR count). The minimum atomic E-state index is -0.738. The second-order valence-electron chi connectivity index (χ2n) is 6.72. The van der Waals surface area contributed by atoms with Crippen LogP contribution in [0.25, 0.3) is 0 Å². The second kappa shape index (κ2) is 7.48. The number of carbonyl (C=O) groups excluding carboxylic acids is 1. The molecular formula is C16H28N2O3. The summed E-state index contributed by atoms with van der Waals surface area (Å²) in [6, 6.07) is 0.0547. The number of hydrogen-bond acceptors (Lipinski definition) is 2. The summed E-state index contributed by atoms with van der Waals surface area (Å²) in [6.45, 7) is 11.8. The van der Waals surface area contributed by atoms with Crippen LogP contribution >= 0.6 is 0 Å². The van der Waals surface area contributed by atoms with E-state index in [2.05, 4.69) is 6.58 Å². The fourth-order valence-corrected chi connectivity index (χ4v) is 2.68. The molecule has 2 amide bonds. The Kier molecular flexibility index (Phi) is 6.24. The van der Waals surface area contributed by atoms with E-state index >= 15 is 0 Å². The highest BCUT2D eigenvalue weighted by Gasteiger charge is 2.31. The van der Waals surface area contributed by atoms with Crippen LogP contribution in [0, 0.1) is 5.92 Å². The molecular weight excluding hydrogens is 268 g/mol. The molecule has 1 heterocycles. The molecule has 0 aromatic heterocycles. The summed E-state index contributed by atoms with van der Waals surface area (Å²) in [4.78, 5) is 26.9. The van der Waals surface area contributed by atoms with Gasteiger partial charge in [0.05, 0.1) is 0 Å². The topological polar surface area (TPSA) is 60.9 Å². The Labute approximate surface area is 127 Å². The molecule has 0 spiro atoms. The predicted molar refractivity (Wildman–Crippen MR) is 83.2 cm³/mol. The second-order valence-corrected chi connectivity index (χ2v) is 6.72. The summed E-state index contributed by atoms with van der Waals surface area (Å²) in [5, 5.41) is 8.73. The van der Waals surface area contributed by atoms with E-state index in [-0.39, 0.29) is 18.0 Å². The molecule has 5 nitrogen and oxygen atoms in total. The molecule has 0 saturated carbocycles. The lowest BCUT2D eigenvalue weighted by atomic mass is 9.92. The Morgan fingerprint density at radius 2 is 1.90 bits per heavy atom. The maximum atomic E-state index is 12.6. The summed E-state index contributed by atoms with van der Waals surface area (Å²) < 4.78 is 0. The van der Waals surface area contributed by atoms with Crippen LogP contribution in [-0.2, 0) is 4.79 Å². The molecule has 1 aliphatic heterocycles. The Morgan fingerprint density at radius 1 is 1.33 bits per heavy atom. The first-order chi connectivity index (χ1) is 9.75. The van der Waals surface area contributed by atoms with Gasteiger partial charge in [-0.2, -0.15) is 0 Å². The van der Waals surface area contributed by atoms with Gasteiger partial charge in [0.15, 0.2) is 0 Å². The van der Waals surface area contributed by atoms with Gasteiger partial charge in [0.25, 0.3) is 0 Å². The Balaban J connectivity index is 2.53. The zero-order chi connectivity index (χ0) is 16.0. The van der Waals surface area contributed by atoms with Crippen LogP contribution in [0.2, 0.25) is 0 Å². The number of likely N-dealkylation sites (tertiary alicyclic amines) is 1. The number of hydrogen-bond donors (Lipinski definition) is 1. The fraction of sp³-hybridized carbons (Fsp3) is 0.750. The zero-order valence-corrected chi connectivity index (χ0v) is 13.5. The normalized spacial score (nSPS) is 16.6. The summed E-state index contributed by atoms with van der Waals surface area (Å²) in [7, 11) is 0. The van der Waals surface area contributed by atoms with E-state index in [1.54, 1.807) is 6.08 Å². The molecule has 0 radical (unpaired) electrons. The third kappa shape index (κ3) is 5.40. The van der Waals surface area contributed by atoms with Crippen molar-refractivity contribution in [1.82, 2.24) is 9.80 Å². The first-order valence-corrected chi connectivity index (χ1v) is 7.65. The van der Waals surface area contributed by atoms with Crippen LogP contribution in [-0.4, -0.2) is 52.1 Å². The van der Waals surface area contributed by atoms with Crippen LogP contribution in [0.4, 0.5) is 4.79 Å². The van der Waals surface area contributed by atoms with Crippen molar-refractivity contribution < 1.29 is 14.7 Å². The SMILES string of the molecule is C=CCN(C(=O)N1CCC(CCC(=O)O)CC1)C(C)(C)C. The van der Waals surface area contributed by atoms with Gasteiger partial charge >= 0.3 is 12.0 Å². The van der Waals surface area contributed by atoms with Crippen LogP contribution in [0.3, 0.4) is 0 Å². The lowest BCUT2D eigenvalue weighted by Crippen LogP contribution is -2.53. The van der Waals surface area contributed by atoms with E-state index in [1.165, 1.54) is 0 Å². The van der Waals surface area contributed by atoms with Crippen molar-refractivity contribution in [3.8, 4) is 0 Å². The quantitative estimate of drug-likeness (QED) is 0.793. The van der Waals surface area contributed by atoms with Gasteiger partial charge < -0.3 is 14.9 Å². The molecule has 5 heteroatoms. The smallest absolute Gasteiger partial charge is 0.320 e. The van der Waals surface area contributed by atoms with E-state index in [1.807, 2.05) is 30.6 Å². The highest BCUT2D eigenvalue weighted by atomic mass is 16.4. The maximum absolute atomic E-state index is 12.6. The van der Waals surface area contributed by atoms with E-state index < -0.39 is 5.97 Å². The predicted octanol–water partition coefficient (Wildman–Crippen LogP) is 2.97. The number of rotatable bonds is 5. The Hall–Kier alpha value is -1.52. The number of carbonyl (C=O) groups is 2. The lowest BCUT2D eigenvalue weighted by Gasteiger charge is -2.41. The van der Waals surface area contributed by atoms with Crippen molar-refractivity contribution in [2.24, 2.45) is 5.92 Å². The number of piperidine rings is 1. The maximum Gasteiger partial charge on any atom is 0.320 e. The Morgan fingerprint density at radius 3 is 2.33 bits per heavy atom. The number of urea groups is 1. The van der Waals surface area contributed by atoms with Gasteiger partial charge in [0.2, 0.25) is 0 Å². The third-order valence-electron chi connectivity index (χ3n) is 4.00. The van der Waals surface area contributed by atoms with Crippen LogP contribution in [0.5, 0.6) is 0 Å². The largest absolute Gasteiger partial charge is 0.481 e. The summed E-state index contributed by atoms with van der Waals surface area (Å²) in [5.41, 5.74) is -0.231. The van der Waals surface area contributed by atoms with Crippen molar-refractivity contribution in [1.29, 1.82) is 0 Å². The van der Waals surface area contributed by atoms with Gasteiger partial charge in [0.1, 0.15) is 0 Å². The van der Waals surface area contributed by atoms with Crippen LogP contribution in [0.1, 0.15) is 46.5 Å². The monoisotopic (exact) mass is 296 g/mol. The third-order valence-corrected chi connectivity index (χ3v) is 4.00. The number of carboxylic acids is 1. The first kappa shape index (κ1) is 17.5.